The number of aromatic nitrogens is 1. The summed E-state index contributed by atoms with van der Waals surface area (Å²) in [7, 11) is 0. The first-order chi connectivity index (χ1) is 9.56. The van der Waals surface area contributed by atoms with Crippen molar-refractivity contribution in [1.82, 2.24) is 9.88 Å². The van der Waals surface area contributed by atoms with E-state index in [1.165, 1.54) is 12.8 Å². The van der Waals surface area contributed by atoms with Crippen molar-refractivity contribution in [2.45, 2.75) is 58.0 Å². The third-order valence-corrected chi connectivity index (χ3v) is 5.07. The summed E-state index contributed by atoms with van der Waals surface area (Å²) >= 11 is 0. The molecule has 0 radical (unpaired) electrons. The van der Waals surface area contributed by atoms with E-state index >= 15 is 0 Å². The molecule has 1 aromatic rings. The highest BCUT2D eigenvalue weighted by Crippen LogP contribution is 2.37. The van der Waals surface area contributed by atoms with Crippen LogP contribution in [0.15, 0.2) is 12.3 Å². The van der Waals surface area contributed by atoms with Crippen molar-refractivity contribution in [3.8, 4) is 0 Å². The maximum absolute atomic E-state index is 12.5. The molecular weight excluding hydrogens is 250 g/mol. The summed E-state index contributed by atoms with van der Waals surface area (Å²) in [5.41, 5.74) is 7.28. The summed E-state index contributed by atoms with van der Waals surface area (Å²) in [5.74, 6) is 1.28. The van der Waals surface area contributed by atoms with Crippen LogP contribution in [-0.4, -0.2) is 16.5 Å². The predicted molar refractivity (Wildman–Crippen MR) is 80.5 cm³/mol. The van der Waals surface area contributed by atoms with Gasteiger partial charge in [0.25, 0.3) is 5.91 Å². The molecule has 0 spiro atoms. The topological polar surface area (TPSA) is 60.1 Å². The SMILES string of the molecule is CC1CCCC(NC(=O)c2cc(N)cn2C2CC2)C1C. The van der Waals surface area contributed by atoms with Gasteiger partial charge in [0, 0.05) is 18.3 Å². The molecule has 2 aliphatic carbocycles. The third kappa shape index (κ3) is 2.56. The second kappa shape index (κ2) is 5.15. The average Bonchev–Trinajstić information content (AvgIpc) is 3.18. The van der Waals surface area contributed by atoms with Crippen LogP contribution < -0.4 is 11.1 Å². The first-order valence-electron chi connectivity index (χ1n) is 7.84. The van der Waals surface area contributed by atoms with Crippen molar-refractivity contribution in [3.05, 3.63) is 18.0 Å². The lowest BCUT2D eigenvalue weighted by Gasteiger charge is -2.34. The monoisotopic (exact) mass is 275 g/mol. The lowest BCUT2D eigenvalue weighted by atomic mass is 9.78. The van der Waals surface area contributed by atoms with E-state index in [2.05, 4.69) is 23.7 Å². The summed E-state index contributed by atoms with van der Waals surface area (Å²) in [6.07, 6.45) is 7.80. The minimum absolute atomic E-state index is 0.0413. The van der Waals surface area contributed by atoms with Gasteiger partial charge in [0.2, 0.25) is 0 Å². The van der Waals surface area contributed by atoms with Gasteiger partial charge in [-0.2, -0.15) is 0 Å². The molecule has 0 aliphatic heterocycles. The fourth-order valence-electron chi connectivity index (χ4n) is 3.37. The highest BCUT2D eigenvalue weighted by atomic mass is 16.2. The Balaban J connectivity index is 1.72. The maximum atomic E-state index is 12.5. The van der Waals surface area contributed by atoms with Crippen LogP contribution in [0.2, 0.25) is 0 Å². The average molecular weight is 275 g/mol. The summed E-state index contributed by atoms with van der Waals surface area (Å²) in [6, 6.07) is 2.59. The van der Waals surface area contributed by atoms with E-state index in [0.717, 1.165) is 25.0 Å². The quantitative estimate of drug-likeness (QED) is 0.891. The van der Waals surface area contributed by atoms with Gasteiger partial charge in [-0.3, -0.25) is 4.79 Å². The molecule has 4 nitrogen and oxygen atoms in total. The van der Waals surface area contributed by atoms with Crippen molar-refractivity contribution in [3.63, 3.8) is 0 Å². The van der Waals surface area contributed by atoms with Gasteiger partial charge in [-0.15, -0.1) is 0 Å². The number of anilines is 1. The Morgan fingerprint density at radius 2 is 2.05 bits per heavy atom. The number of carbonyl (C=O) groups is 1. The standard InChI is InChI=1S/C16H25N3O/c1-10-4-3-5-14(11(10)2)18-16(20)15-8-12(17)9-19(15)13-6-7-13/h8-11,13-14H,3-7,17H2,1-2H3,(H,18,20). The van der Waals surface area contributed by atoms with E-state index in [-0.39, 0.29) is 5.91 Å². The Morgan fingerprint density at radius 1 is 1.30 bits per heavy atom. The molecule has 20 heavy (non-hydrogen) atoms. The molecule has 0 aromatic carbocycles. The molecule has 2 fully saturated rings. The maximum Gasteiger partial charge on any atom is 0.268 e. The fraction of sp³-hybridized carbons (Fsp3) is 0.688. The van der Waals surface area contributed by atoms with Crippen molar-refractivity contribution in [1.29, 1.82) is 0 Å². The molecule has 0 bridgehead atoms. The number of carbonyl (C=O) groups excluding carboxylic acids is 1. The van der Waals surface area contributed by atoms with E-state index in [0.29, 0.717) is 29.6 Å². The predicted octanol–water partition coefficient (Wildman–Crippen LogP) is 2.96. The zero-order valence-electron chi connectivity index (χ0n) is 12.4. The minimum Gasteiger partial charge on any atom is -0.397 e. The number of nitrogen functional groups attached to an aromatic ring is 1. The Bertz CT molecular complexity index is 504. The van der Waals surface area contributed by atoms with Gasteiger partial charge in [-0.05, 0) is 37.2 Å². The summed E-state index contributed by atoms with van der Waals surface area (Å²) in [5, 5.41) is 3.24. The Hall–Kier alpha value is -1.45. The Morgan fingerprint density at radius 3 is 2.75 bits per heavy atom. The zero-order chi connectivity index (χ0) is 14.3. The summed E-state index contributed by atoms with van der Waals surface area (Å²) in [4.78, 5) is 12.5. The van der Waals surface area contributed by atoms with Gasteiger partial charge in [0.05, 0.1) is 5.69 Å². The molecule has 1 heterocycles. The van der Waals surface area contributed by atoms with Gasteiger partial charge in [0.1, 0.15) is 5.69 Å². The van der Waals surface area contributed by atoms with Crippen molar-refractivity contribution < 1.29 is 4.79 Å². The fourth-order valence-corrected chi connectivity index (χ4v) is 3.37. The van der Waals surface area contributed by atoms with E-state index in [4.69, 9.17) is 5.73 Å². The van der Waals surface area contributed by atoms with Gasteiger partial charge < -0.3 is 15.6 Å². The highest BCUT2D eigenvalue weighted by Gasteiger charge is 2.31. The number of amides is 1. The van der Waals surface area contributed by atoms with Crippen LogP contribution in [0.4, 0.5) is 5.69 Å². The van der Waals surface area contributed by atoms with Crippen LogP contribution in [0.5, 0.6) is 0 Å². The zero-order valence-corrected chi connectivity index (χ0v) is 12.4. The molecule has 3 N–H and O–H groups in total. The second-order valence-electron chi connectivity index (χ2n) is 6.64. The summed E-state index contributed by atoms with van der Waals surface area (Å²) < 4.78 is 2.06. The van der Waals surface area contributed by atoms with Gasteiger partial charge >= 0.3 is 0 Å². The number of nitrogens with one attached hydrogen (secondary N) is 1. The van der Waals surface area contributed by atoms with Gasteiger partial charge in [0.15, 0.2) is 0 Å². The van der Waals surface area contributed by atoms with Gasteiger partial charge in [-0.25, -0.2) is 0 Å². The lowest BCUT2D eigenvalue weighted by molar-refractivity contribution is 0.0881. The smallest absolute Gasteiger partial charge is 0.268 e. The van der Waals surface area contributed by atoms with E-state index in [1.807, 2.05) is 12.3 Å². The first-order valence-corrected chi connectivity index (χ1v) is 7.84. The number of hydrogen-bond acceptors (Lipinski definition) is 2. The van der Waals surface area contributed by atoms with Crippen LogP contribution in [-0.2, 0) is 0 Å². The number of hydrogen-bond donors (Lipinski definition) is 2. The number of rotatable bonds is 3. The molecule has 1 aromatic heterocycles. The number of nitrogens with zero attached hydrogens (tertiary/aromatic N) is 1. The largest absolute Gasteiger partial charge is 0.397 e. The molecule has 1 amide bonds. The second-order valence-corrected chi connectivity index (χ2v) is 6.64. The minimum atomic E-state index is 0.0413. The van der Waals surface area contributed by atoms with Crippen LogP contribution in [0.25, 0.3) is 0 Å². The van der Waals surface area contributed by atoms with Crippen molar-refractivity contribution >= 4 is 11.6 Å². The van der Waals surface area contributed by atoms with Crippen LogP contribution >= 0.6 is 0 Å². The third-order valence-electron chi connectivity index (χ3n) is 5.07. The molecule has 3 rings (SSSR count). The molecule has 3 atom stereocenters. The lowest BCUT2D eigenvalue weighted by Crippen LogP contribution is -2.44. The highest BCUT2D eigenvalue weighted by molar-refractivity contribution is 5.94. The number of nitrogens with two attached hydrogens (primary N) is 1. The van der Waals surface area contributed by atoms with Crippen molar-refractivity contribution in [2.24, 2.45) is 11.8 Å². The first kappa shape index (κ1) is 13.5. The van der Waals surface area contributed by atoms with E-state index in [9.17, 15) is 4.79 Å². The Labute approximate surface area is 120 Å². The molecule has 4 heteroatoms. The molecule has 2 saturated carbocycles. The molecule has 0 saturated heterocycles. The summed E-state index contributed by atoms with van der Waals surface area (Å²) in [6.45, 7) is 4.54. The van der Waals surface area contributed by atoms with Crippen LogP contribution in [0.3, 0.4) is 0 Å². The molecule has 110 valence electrons. The van der Waals surface area contributed by atoms with E-state index in [1.54, 1.807) is 0 Å². The van der Waals surface area contributed by atoms with Crippen molar-refractivity contribution in [2.75, 3.05) is 5.73 Å². The Kier molecular flexibility index (Phi) is 3.48. The normalized spacial score (nSPS) is 30.2. The molecule has 2 aliphatic rings. The molecule has 3 unspecified atom stereocenters. The van der Waals surface area contributed by atoms with E-state index < -0.39 is 0 Å². The molecular formula is C16H25N3O. The van der Waals surface area contributed by atoms with Crippen LogP contribution in [0, 0.1) is 11.8 Å². The van der Waals surface area contributed by atoms with Crippen LogP contribution in [0.1, 0.15) is 62.5 Å². The van der Waals surface area contributed by atoms with Gasteiger partial charge in [-0.1, -0.05) is 26.7 Å².